The zero-order valence-electron chi connectivity index (χ0n) is 15.0. The van der Waals surface area contributed by atoms with Gasteiger partial charge in [0.2, 0.25) is 0 Å². The summed E-state index contributed by atoms with van der Waals surface area (Å²) < 4.78 is 2.27. The number of aryl methyl sites for hydroxylation is 1. The van der Waals surface area contributed by atoms with Crippen molar-refractivity contribution in [2.75, 3.05) is 19.6 Å². The molecule has 2 unspecified atom stereocenters. The molecule has 1 amide bonds. The molecule has 1 aliphatic rings. The monoisotopic (exact) mass is 325 g/mol. The van der Waals surface area contributed by atoms with Gasteiger partial charge in [0.05, 0.1) is 11.6 Å². The van der Waals surface area contributed by atoms with Gasteiger partial charge in [-0.05, 0) is 39.3 Å². The van der Waals surface area contributed by atoms with E-state index in [4.69, 9.17) is 0 Å². The van der Waals surface area contributed by atoms with Crippen molar-refractivity contribution in [3.05, 3.63) is 58.9 Å². The third kappa shape index (κ3) is 3.11. The minimum atomic E-state index is 0.156. The number of carbonyl (C=O) groups excluding carboxylic acids is 1. The molecule has 1 aromatic heterocycles. The summed E-state index contributed by atoms with van der Waals surface area (Å²) in [7, 11) is 0. The van der Waals surface area contributed by atoms with E-state index in [1.54, 1.807) is 0 Å². The average Bonchev–Trinajstić information content (AvgIpc) is 2.89. The molecule has 1 fully saturated rings. The van der Waals surface area contributed by atoms with Crippen molar-refractivity contribution >= 4 is 5.91 Å². The number of benzene rings is 1. The zero-order chi connectivity index (χ0) is 17.3. The van der Waals surface area contributed by atoms with Crippen LogP contribution >= 0.6 is 0 Å². The number of nitrogens with one attached hydrogen (secondary N) is 1. The standard InChI is InChI=1S/C20H27N3O/c1-14-13-22(11-10-21-14)20(24)19-12-15(2)23(17(19)4)16(3)18-8-6-5-7-9-18/h5-9,12,14,16,21H,10-11,13H2,1-4H3. The highest BCUT2D eigenvalue weighted by Gasteiger charge is 2.26. The molecular formula is C20H27N3O. The summed E-state index contributed by atoms with van der Waals surface area (Å²) in [6, 6.07) is 13.1. The lowest BCUT2D eigenvalue weighted by molar-refractivity contribution is 0.0708. The predicted molar refractivity (Wildman–Crippen MR) is 97.5 cm³/mol. The summed E-state index contributed by atoms with van der Waals surface area (Å²) in [5, 5.41) is 3.39. The van der Waals surface area contributed by atoms with E-state index >= 15 is 0 Å². The van der Waals surface area contributed by atoms with Crippen LogP contribution in [0.3, 0.4) is 0 Å². The van der Waals surface area contributed by atoms with Crippen LogP contribution in [0.1, 0.15) is 47.2 Å². The van der Waals surface area contributed by atoms with Crippen LogP contribution in [-0.2, 0) is 0 Å². The maximum Gasteiger partial charge on any atom is 0.255 e. The molecule has 128 valence electrons. The van der Waals surface area contributed by atoms with Gasteiger partial charge in [0.25, 0.3) is 5.91 Å². The molecule has 0 bridgehead atoms. The Hall–Kier alpha value is -2.07. The molecule has 4 nitrogen and oxygen atoms in total. The van der Waals surface area contributed by atoms with Crippen molar-refractivity contribution in [2.24, 2.45) is 0 Å². The van der Waals surface area contributed by atoms with Gasteiger partial charge in [-0.3, -0.25) is 4.79 Å². The van der Waals surface area contributed by atoms with E-state index < -0.39 is 0 Å². The van der Waals surface area contributed by atoms with Crippen LogP contribution in [0.2, 0.25) is 0 Å². The summed E-state index contributed by atoms with van der Waals surface area (Å²) >= 11 is 0. The number of hydrogen-bond acceptors (Lipinski definition) is 2. The Balaban J connectivity index is 1.90. The summed E-state index contributed by atoms with van der Waals surface area (Å²) in [6.45, 7) is 10.9. The van der Waals surface area contributed by atoms with Gasteiger partial charge in [-0.15, -0.1) is 0 Å². The fraction of sp³-hybridized carbons (Fsp3) is 0.450. The van der Waals surface area contributed by atoms with Gasteiger partial charge in [0, 0.05) is 37.1 Å². The molecule has 1 N–H and O–H groups in total. The fourth-order valence-electron chi connectivity index (χ4n) is 3.76. The first kappa shape index (κ1) is 16.8. The number of rotatable bonds is 3. The molecule has 1 aromatic carbocycles. The highest BCUT2D eigenvalue weighted by atomic mass is 16.2. The summed E-state index contributed by atoms with van der Waals surface area (Å²) in [5.41, 5.74) is 4.29. The molecule has 0 radical (unpaired) electrons. The summed E-state index contributed by atoms with van der Waals surface area (Å²) in [5.74, 6) is 0.156. The number of aromatic nitrogens is 1. The normalized spacial score (nSPS) is 19.3. The number of hydrogen-bond donors (Lipinski definition) is 1. The molecule has 2 atom stereocenters. The molecule has 1 saturated heterocycles. The van der Waals surface area contributed by atoms with Crippen LogP contribution in [0.25, 0.3) is 0 Å². The second kappa shape index (κ2) is 6.81. The van der Waals surface area contributed by atoms with Crippen molar-refractivity contribution in [3.63, 3.8) is 0 Å². The van der Waals surface area contributed by atoms with Crippen LogP contribution < -0.4 is 5.32 Å². The summed E-state index contributed by atoms with van der Waals surface area (Å²) in [4.78, 5) is 14.9. The first-order valence-corrected chi connectivity index (χ1v) is 8.75. The smallest absolute Gasteiger partial charge is 0.255 e. The zero-order valence-corrected chi connectivity index (χ0v) is 15.0. The van der Waals surface area contributed by atoms with Crippen molar-refractivity contribution in [1.29, 1.82) is 0 Å². The van der Waals surface area contributed by atoms with E-state index in [0.29, 0.717) is 6.04 Å². The Kier molecular flexibility index (Phi) is 4.76. The lowest BCUT2D eigenvalue weighted by atomic mass is 10.1. The molecule has 1 aliphatic heterocycles. The number of nitrogens with zero attached hydrogens (tertiary/aromatic N) is 2. The third-order valence-electron chi connectivity index (χ3n) is 5.04. The molecule has 2 heterocycles. The second-order valence-electron chi connectivity index (χ2n) is 6.85. The molecule has 2 aromatic rings. The highest BCUT2D eigenvalue weighted by Crippen LogP contribution is 2.26. The van der Waals surface area contributed by atoms with Gasteiger partial charge in [0.1, 0.15) is 0 Å². The topological polar surface area (TPSA) is 37.3 Å². The molecule has 4 heteroatoms. The van der Waals surface area contributed by atoms with E-state index in [-0.39, 0.29) is 11.9 Å². The first-order chi connectivity index (χ1) is 11.5. The number of piperazine rings is 1. The van der Waals surface area contributed by atoms with Crippen molar-refractivity contribution in [3.8, 4) is 0 Å². The van der Waals surface area contributed by atoms with Gasteiger partial charge in [-0.1, -0.05) is 30.3 Å². The molecule has 0 saturated carbocycles. The van der Waals surface area contributed by atoms with Gasteiger partial charge in [0.15, 0.2) is 0 Å². The van der Waals surface area contributed by atoms with E-state index in [9.17, 15) is 4.79 Å². The van der Waals surface area contributed by atoms with E-state index in [0.717, 1.165) is 36.6 Å². The fourth-order valence-corrected chi connectivity index (χ4v) is 3.76. The second-order valence-corrected chi connectivity index (χ2v) is 6.85. The van der Waals surface area contributed by atoms with E-state index in [2.05, 4.69) is 61.8 Å². The molecule has 3 rings (SSSR count). The van der Waals surface area contributed by atoms with Gasteiger partial charge in [-0.2, -0.15) is 0 Å². The van der Waals surface area contributed by atoms with Crippen LogP contribution in [0, 0.1) is 13.8 Å². The quantitative estimate of drug-likeness (QED) is 0.941. The third-order valence-corrected chi connectivity index (χ3v) is 5.04. The minimum Gasteiger partial charge on any atom is -0.341 e. The Labute approximate surface area is 144 Å². The lowest BCUT2D eigenvalue weighted by Crippen LogP contribution is -2.51. The maximum atomic E-state index is 13.0. The van der Waals surface area contributed by atoms with Crippen LogP contribution in [-0.4, -0.2) is 41.1 Å². The molecule has 0 spiro atoms. The SMILES string of the molecule is Cc1cc(C(=O)N2CCNC(C)C2)c(C)n1C(C)c1ccccc1. The van der Waals surface area contributed by atoms with Crippen molar-refractivity contribution in [1.82, 2.24) is 14.8 Å². The van der Waals surface area contributed by atoms with Gasteiger partial charge in [-0.25, -0.2) is 0 Å². The Morgan fingerprint density at radius 1 is 1.25 bits per heavy atom. The number of amides is 1. The maximum absolute atomic E-state index is 13.0. The van der Waals surface area contributed by atoms with Gasteiger partial charge < -0.3 is 14.8 Å². The van der Waals surface area contributed by atoms with Crippen LogP contribution in [0.5, 0.6) is 0 Å². The van der Waals surface area contributed by atoms with Gasteiger partial charge >= 0.3 is 0 Å². The van der Waals surface area contributed by atoms with E-state index in [1.807, 2.05) is 17.0 Å². The highest BCUT2D eigenvalue weighted by molar-refractivity contribution is 5.95. The van der Waals surface area contributed by atoms with Crippen LogP contribution in [0.15, 0.2) is 36.4 Å². The first-order valence-electron chi connectivity index (χ1n) is 8.75. The van der Waals surface area contributed by atoms with Crippen LogP contribution in [0.4, 0.5) is 0 Å². The molecule has 24 heavy (non-hydrogen) atoms. The van der Waals surface area contributed by atoms with Crippen molar-refractivity contribution < 1.29 is 4.79 Å². The average molecular weight is 325 g/mol. The summed E-state index contributed by atoms with van der Waals surface area (Å²) in [6.07, 6.45) is 0. The van der Waals surface area contributed by atoms with Crippen molar-refractivity contribution in [2.45, 2.75) is 39.8 Å². The Bertz CT molecular complexity index is 720. The Morgan fingerprint density at radius 3 is 2.62 bits per heavy atom. The Morgan fingerprint density at radius 2 is 1.96 bits per heavy atom. The lowest BCUT2D eigenvalue weighted by Gasteiger charge is -2.32. The largest absolute Gasteiger partial charge is 0.341 e. The molecular weight excluding hydrogens is 298 g/mol. The molecule has 0 aliphatic carbocycles. The van der Waals surface area contributed by atoms with E-state index in [1.165, 1.54) is 5.56 Å². The number of carbonyl (C=O) groups is 1. The predicted octanol–water partition coefficient (Wildman–Crippen LogP) is 3.15. The minimum absolute atomic E-state index is 0.156.